The minimum Gasteiger partial charge on any atom is -0.368 e. The zero-order valence-electron chi connectivity index (χ0n) is 8.47. The van der Waals surface area contributed by atoms with Crippen LogP contribution in [0.3, 0.4) is 0 Å². The zero-order chi connectivity index (χ0) is 10.8. The van der Waals surface area contributed by atoms with E-state index in [0.29, 0.717) is 10.0 Å². The molecule has 1 aliphatic rings. The standard InChI is InChI=1S/C11H13Cl2NO/c1-7-5-14-6-11(15-7)8-2-3-9(12)10(13)4-8/h2-4,7,11,14H,5-6H2,1H3. The maximum atomic E-state index is 5.96. The summed E-state index contributed by atoms with van der Waals surface area (Å²) in [5, 5.41) is 4.48. The highest BCUT2D eigenvalue weighted by atomic mass is 35.5. The van der Waals surface area contributed by atoms with E-state index in [1.54, 1.807) is 0 Å². The largest absolute Gasteiger partial charge is 0.368 e. The highest BCUT2D eigenvalue weighted by Gasteiger charge is 2.20. The Hall–Kier alpha value is -0.280. The van der Waals surface area contributed by atoms with Gasteiger partial charge in [0.25, 0.3) is 0 Å². The van der Waals surface area contributed by atoms with Crippen LogP contribution in [0.25, 0.3) is 0 Å². The third-order valence-electron chi connectivity index (χ3n) is 2.47. The number of benzene rings is 1. The third kappa shape index (κ3) is 2.64. The van der Waals surface area contributed by atoms with Crippen LogP contribution in [0.2, 0.25) is 10.0 Å². The minimum absolute atomic E-state index is 0.0727. The van der Waals surface area contributed by atoms with E-state index < -0.39 is 0 Å². The van der Waals surface area contributed by atoms with Crippen LogP contribution >= 0.6 is 23.2 Å². The molecule has 1 saturated heterocycles. The molecule has 2 nitrogen and oxygen atoms in total. The maximum absolute atomic E-state index is 5.96. The Bertz CT molecular complexity index is 356. The molecule has 15 heavy (non-hydrogen) atoms. The molecule has 0 saturated carbocycles. The van der Waals surface area contributed by atoms with Crippen molar-refractivity contribution in [2.45, 2.75) is 19.1 Å². The van der Waals surface area contributed by atoms with Gasteiger partial charge in [0.05, 0.1) is 22.3 Å². The molecule has 0 spiro atoms. The first-order chi connectivity index (χ1) is 7.16. The highest BCUT2D eigenvalue weighted by Crippen LogP contribution is 2.28. The predicted molar refractivity (Wildman–Crippen MR) is 62.6 cm³/mol. The summed E-state index contributed by atoms with van der Waals surface area (Å²) in [6.45, 7) is 3.77. The van der Waals surface area contributed by atoms with Gasteiger partial charge < -0.3 is 10.1 Å². The van der Waals surface area contributed by atoms with Gasteiger partial charge in [0.15, 0.2) is 0 Å². The number of morpholine rings is 1. The van der Waals surface area contributed by atoms with Crippen molar-refractivity contribution in [2.24, 2.45) is 0 Å². The first kappa shape index (κ1) is 11.2. The molecule has 0 aromatic heterocycles. The van der Waals surface area contributed by atoms with E-state index >= 15 is 0 Å². The molecule has 82 valence electrons. The molecule has 0 radical (unpaired) electrons. The fourth-order valence-electron chi connectivity index (χ4n) is 1.70. The van der Waals surface area contributed by atoms with E-state index in [9.17, 15) is 0 Å². The Morgan fingerprint density at radius 2 is 2.07 bits per heavy atom. The van der Waals surface area contributed by atoms with Crippen LogP contribution in [0, 0.1) is 0 Å². The second-order valence-corrected chi connectivity index (χ2v) is 4.58. The molecular formula is C11H13Cl2NO. The summed E-state index contributed by atoms with van der Waals surface area (Å²) in [5.41, 5.74) is 1.07. The number of hydrogen-bond acceptors (Lipinski definition) is 2. The monoisotopic (exact) mass is 245 g/mol. The fourth-order valence-corrected chi connectivity index (χ4v) is 2.01. The van der Waals surface area contributed by atoms with Crippen LogP contribution in [-0.2, 0) is 4.74 Å². The summed E-state index contributed by atoms with van der Waals surface area (Å²) in [6.07, 6.45) is 0.307. The number of nitrogens with one attached hydrogen (secondary N) is 1. The molecule has 0 bridgehead atoms. The topological polar surface area (TPSA) is 21.3 Å². The fraction of sp³-hybridized carbons (Fsp3) is 0.455. The number of ether oxygens (including phenoxy) is 1. The number of hydrogen-bond donors (Lipinski definition) is 1. The van der Waals surface area contributed by atoms with Gasteiger partial charge in [0, 0.05) is 13.1 Å². The van der Waals surface area contributed by atoms with Crippen LogP contribution in [0.4, 0.5) is 0 Å². The maximum Gasteiger partial charge on any atom is 0.0954 e. The van der Waals surface area contributed by atoms with Crippen LogP contribution in [0.5, 0.6) is 0 Å². The van der Waals surface area contributed by atoms with Gasteiger partial charge in [0.2, 0.25) is 0 Å². The van der Waals surface area contributed by atoms with E-state index in [0.717, 1.165) is 18.7 Å². The Kier molecular flexibility index (Phi) is 3.52. The van der Waals surface area contributed by atoms with Crippen molar-refractivity contribution in [1.82, 2.24) is 5.32 Å². The van der Waals surface area contributed by atoms with Crippen LogP contribution in [0.15, 0.2) is 18.2 Å². The van der Waals surface area contributed by atoms with Gasteiger partial charge in [-0.3, -0.25) is 0 Å². The molecule has 2 unspecified atom stereocenters. The molecule has 0 aliphatic carbocycles. The van der Waals surface area contributed by atoms with Crippen LogP contribution < -0.4 is 5.32 Å². The molecule has 0 amide bonds. The lowest BCUT2D eigenvalue weighted by molar-refractivity contribution is -0.0287. The highest BCUT2D eigenvalue weighted by molar-refractivity contribution is 6.42. The molecule has 2 atom stereocenters. The third-order valence-corrected chi connectivity index (χ3v) is 3.21. The van der Waals surface area contributed by atoms with Gasteiger partial charge in [0.1, 0.15) is 0 Å². The van der Waals surface area contributed by atoms with Crippen LogP contribution in [-0.4, -0.2) is 19.2 Å². The summed E-state index contributed by atoms with van der Waals surface area (Å²) in [7, 11) is 0. The summed E-state index contributed by atoms with van der Waals surface area (Å²) in [6, 6.07) is 5.63. The first-order valence-corrected chi connectivity index (χ1v) is 5.73. The average Bonchev–Trinajstić information content (AvgIpc) is 2.22. The minimum atomic E-state index is 0.0727. The second-order valence-electron chi connectivity index (χ2n) is 3.77. The molecule has 2 rings (SSSR count). The summed E-state index contributed by atoms with van der Waals surface area (Å²) in [5.74, 6) is 0. The van der Waals surface area contributed by atoms with Crippen molar-refractivity contribution in [3.8, 4) is 0 Å². The number of rotatable bonds is 1. The van der Waals surface area contributed by atoms with Crippen molar-refractivity contribution in [3.05, 3.63) is 33.8 Å². The molecule has 1 aromatic rings. The normalized spacial score (nSPS) is 26.6. The summed E-state index contributed by atoms with van der Waals surface area (Å²) >= 11 is 11.8. The quantitative estimate of drug-likeness (QED) is 0.822. The van der Waals surface area contributed by atoms with Gasteiger partial charge in [-0.25, -0.2) is 0 Å². The molecule has 1 heterocycles. The summed E-state index contributed by atoms with van der Waals surface area (Å²) in [4.78, 5) is 0. The first-order valence-electron chi connectivity index (χ1n) is 4.98. The van der Waals surface area contributed by atoms with Gasteiger partial charge in [-0.05, 0) is 24.6 Å². The van der Waals surface area contributed by atoms with Gasteiger partial charge in [-0.2, -0.15) is 0 Å². The molecule has 1 aromatic carbocycles. The van der Waals surface area contributed by atoms with Crippen molar-refractivity contribution < 1.29 is 4.74 Å². The molecule has 1 fully saturated rings. The predicted octanol–water partition coefficient (Wildman–Crippen LogP) is 3.04. The Labute approximate surface area is 99.5 Å². The lowest BCUT2D eigenvalue weighted by Crippen LogP contribution is -2.38. The lowest BCUT2D eigenvalue weighted by atomic mass is 10.1. The van der Waals surface area contributed by atoms with Gasteiger partial charge in [-0.15, -0.1) is 0 Å². The number of halogens is 2. The van der Waals surface area contributed by atoms with E-state index in [1.165, 1.54) is 0 Å². The van der Waals surface area contributed by atoms with Crippen molar-refractivity contribution >= 4 is 23.2 Å². The Morgan fingerprint density at radius 1 is 1.27 bits per heavy atom. The zero-order valence-corrected chi connectivity index (χ0v) is 9.98. The van der Waals surface area contributed by atoms with E-state index in [1.807, 2.05) is 18.2 Å². The average molecular weight is 246 g/mol. The second kappa shape index (κ2) is 4.71. The molecule has 1 N–H and O–H groups in total. The summed E-state index contributed by atoms with van der Waals surface area (Å²) < 4.78 is 5.80. The smallest absolute Gasteiger partial charge is 0.0954 e. The van der Waals surface area contributed by atoms with Gasteiger partial charge in [-0.1, -0.05) is 29.3 Å². The van der Waals surface area contributed by atoms with E-state index in [-0.39, 0.29) is 12.2 Å². The SMILES string of the molecule is CC1CNCC(c2ccc(Cl)c(Cl)c2)O1. The molecule has 1 aliphatic heterocycles. The van der Waals surface area contributed by atoms with Crippen molar-refractivity contribution in [1.29, 1.82) is 0 Å². The molecule has 4 heteroatoms. The van der Waals surface area contributed by atoms with Gasteiger partial charge >= 0.3 is 0 Å². The van der Waals surface area contributed by atoms with E-state index in [4.69, 9.17) is 27.9 Å². The van der Waals surface area contributed by atoms with Crippen molar-refractivity contribution in [3.63, 3.8) is 0 Å². The van der Waals surface area contributed by atoms with Crippen LogP contribution in [0.1, 0.15) is 18.6 Å². The van der Waals surface area contributed by atoms with E-state index in [2.05, 4.69) is 12.2 Å². The molecular weight excluding hydrogens is 233 g/mol. The van der Waals surface area contributed by atoms with Crippen molar-refractivity contribution in [2.75, 3.05) is 13.1 Å². The lowest BCUT2D eigenvalue weighted by Gasteiger charge is -2.29. The Balaban J connectivity index is 2.18. The Morgan fingerprint density at radius 3 is 2.73 bits per heavy atom.